The van der Waals surface area contributed by atoms with E-state index in [1.165, 1.54) is 0 Å². The van der Waals surface area contributed by atoms with Gasteiger partial charge in [-0.15, -0.1) is 23.1 Å². The minimum atomic E-state index is 0.0165. The molecule has 0 fully saturated rings. The van der Waals surface area contributed by atoms with Crippen LogP contribution < -0.4 is 9.64 Å². The molecule has 0 saturated heterocycles. The van der Waals surface area contributed by atoms with Crippen LogP contribution in [0.2, 0.25) is 0 Å². The molecule has 3 aromatic rings. The molecule has 0 aliphatic carbocycles. The normalized spacial score (nSPS) is 13.1. The molecular weight excluding hydrogens is 428 g/mol. The molecule has 0 saturated carbocycles. The molecule has 1 aliphatic heterocycles. The summed E-state index contributed by atoms with van der Waals surface area (Å²) < 4.78 is 5.48. The van der Waals surface area contributed by atoms with Crippen molar-refractivity contribution in [3.8, 4) is 5.75 Å². The molecule has 31 heavy (non-hydrogen) atoms. The van der Waals surface area contributed by atoms with Crippen molar-refractivity contribution in [1.82, 2.24) is 4.90 Å². The molecular formula is C24H24N2O3S2. The highest BCUT2D eigenvalue weighted by Crippen LogP contribution is 2.35. The lowest BCUT2D eigenvalue weighted by Gasteiger charge is -2.30. The topological polar surface area (TPSA) is 49.9 Å². The lowest BCUT2D eigenvalue weighted by atomic mass is 10.1. The van der Waals surface area contributed by atoms with Crippen LogP contribution in [-0.4, -0.2) is 36.1 Å². The maximum Gasteiger partial charge on any atom is 0.237 e. The molecule has 0 atom stereocenters. The number of thioether (sulfide) groups is 1. The monoisotopic (exact) mass is 452 g/mol. The first-order valence-corrected chi connectivity index (χ1v) is 12.0. The number of ether oxygens (including phenoxy) is 1. The summed E-state index contributed by atoms with van der Waals surface area (Å²) in [4.78, 5) is 31.6. The third-order valence-electron chi connectivity index (χ3n) is 5.19. The summed E-state index contributed by atoms with van der Waals surface area (Å²) in [5.74, 6) is 1.24. The van der Waals surface area contributed by atoms with Gasteiger partial charge < -0.3 is 14.5 Å². The summed E-state index contributed by atoms with van der Waals surface area (Å²) in [6.45, 7) is 1.37. The van der Waals surface area contributed by atoms with Crippen molar-refractivity contribution >= 4 is 40.6 Å². The smallest absolute Gasteiger partial charge is 0.237 e. The van der Waals surface area contributed by atoms with E-state index in [4.69, 9.17) is 4.74 Å². The minimum Gasteiger partial charge on any atom is -0.496 e. The van der Waals surface area contributed by atoms with Gasteiger partial charge in [0.2, 0.25) is 11.8 Å². The summed E-state index contributed by atoms with van der Waals surface area (Å²) in [6.07, 6.45) is 0.269. The van der Waals surface area contributed by atoms with Crippen LogP contribution >= 0.6 is 23.1 Å². The average molecular weight is 453 g/mol. The van der Waals surface area contributed by atoms with Gasteiger partial charge in [-0.2, -0.15) is 0 Å². The van der Waals surface area contributed by atoms with E-state index in [0.29, 0.717) is 25.4 Å². The van der Waals surface area contributed by atoms with Crippen LogP contribution in [0.25, 0.3) is 0 Å². The predicted octanol–water partition coefficient (Wildman–Crippen LogP) is 4.81. The maximum absolute atomic E-state index is 13.3. The van der Waals surface area contributed by atoms with Crippen molar-refractivity contribution in [1.29, 1.82) is 0 Å². The molecule has 0 radical (unpaired) electrons. The first-order valence-electron chi connectivity index (χ1n) is 10.1. The zero-order chi connectivity index (χ0) is 21.6. The van der Waals surface area contributed by atoms with E-state index < -0.39 is 0 Å². The van der Waals surface area contributed by atoms with Crippen molar-refractivity contribution < 1.29 is 14.3 Å². The Bertz CT molecular complexity index is 1050. The van der Waals surface area contributed by atoms with Gasteiger partial charge in [0, 0.05) is 34.8 Å². The number of fused-ring (bicyclic) bond motifs is 1. The molecule has 2 aromatic carbocycles. The number of hydrogen-bond donors (Lipinski definition) is 0. The van der Waals surface area contributed by atoms with E-state index >= 15 is 0 Å². The molecule has 2 amide bonds. The minimum absolute atomic E-state index is 0.0165. The zero-order valence-corrected chi connectivity index (χ0v) is 19.0. The Morgan fingerprint density at radius 2 is 1.87 bits per heavy atom. The Morgan fingerprint density at radius 3 is 2.68 bits per heavy atom. The Hall–Kier alpha value is -2.77. The van der Waals surface area contributed by atoms with Gasteiger partial charge in [0.1, 0.15) is 5.75 Å². The molecule has 160 valence electrons. The number of rotatable bonds is 8. The lowest BCUT2D eigenvalue weighted by Crippen LogP contribution is -2.39. The molecule has 5 nitrogen and oxygen atoms in total. The highest BCUT2D eigenvalue weighted by molar-refractivity contribution is 8.00. The van der Waals surface area contributed by atoms with Crippen molar-refractivity contribution in [2.45, 2.75) is 24.4 Å². The number of para-hydroxylation sites is 2. The maximum atomic E-state index is 13.3. The van der Waals surface area contributed by atoms with Crippen LogP contribution in [0.3, 0.4) is 0 Å². The molecule has 0 N–H and O–H groups in total. The summed E-state index contributed by atoms with van der Waals surface area (Å²) in [5.41, 5.74) is 1.86. The average Bonchev–Trinajstić information content (AvgIpc) is 3.31. The molecule has 1 aliphatic rings. The van der Waals surface area contributed by atoms with Crippen LogP contribution in [0, 0.1) is 0 Å². The number of benzene rings is 2. The highest BCUT2D eigenvalue weighted by atomic mass is 32.2. The number of thiophene rings is 1. The summed E-state index contributed by atoms with van der Waals surface area (Å²) in [5, 5.41) is 2.02. The molecule has 2 heterocycles. The summed E-state index contributed by atoms with van der Waals surface area (Å²) in [6, 6.07) is 19.7. The third kappa shape index (κ3) is 5.11. The first-order chi connectivity index (χ1) is 15.2. The van der Waals surface area contributed by atoms with Gasteiger partial charge in [-0.05, 0) is 29.6 Å². The molecule has 0 unspecified atom stereocenters. The van der Waals surface area contributed by atoms with Crippen molar-refractivity contribution in [3.63, 3.8) is 0 Å². The molecule has 4 rings (SSSR count). The second kappa shape index (κ2) is 10.0. The number of carbonyl (C=O) groups excluding carboxylic acids is 2. The number of amides is 2. The van der Waals surface area contributed by atoms with Gasteiger partial charge in [0.15, 0.2) is 0 Å². The van der Waals surface area contributed by atoms with Crippen LogP contribution in [-0.2, 0) is 22.7 Å². The number of methoxy groups -OCH3 is 1. The van der Waals surface area contributed by atoms with E-state index in [9.17, 15) is 9.59 Å². The predicted molar refractivity (Wildman–Crippen MR) is 126 cm³/mol. The van der Waals surface area contributed by atoms with Crippen molar-refractivity contribution in [3.05, 3.63) is 76.5 Å². The fraction of sp³-hybridized carbons (Fsp3) is 0.250. The molecule has 7 heteroatoms. The van der Waals surface area contributed by atoms with E-state index in [1.807, 2.05) is 70.9 Å². The van der Waals surface area contributed by atoms with E-state index in [0.717, 1.165) is 26.8 Å². The second-order valence-corrected chi connectivity index (χ2v) is 9.24. The number of nitrogens with zero attached hydrogens (tertiary/aromatic N) is 2. The fourth-order valence-corrected chi connectivity index (χ4v) is 5.28. The van der Waals surface area contributed by atoms with Crippen LogP contribution in [0.5, 0.6) is 5.75 Å². The summed E-state index contributed by atoms with van der Waals surface area (Å²) >= 11 is 3.18. The third-order valence-corrected chi connectivity index (χ3v) is 7.10. The van der Waals surface area contributed by atoms with Gasteiger partial charge in [0.25, 0.3) is 0 Å². The zero-order valence-electron chi connectivity index (χ0n) is 17.3. The number of hydrogen-bond acceptors (Lipinski definition) is 5. The van der Waals surface area contributed by atoms with Gasteiger partial charge >= 0.3 is 0 Å². The largest absolute Gasteiger partial charge is 0.496 e. The van der Waals surface area contributed by atoms with Gasteiger partial charge in [-0.25, -0.2) is 0 Å². The van der Waals surface area contributed by atoms with Gasteiger partial charge in [-0.3, -0.25) is 9.59 Å². The van der Waals surface area contributed by atoms with E-state index in [2.05, 4.69) is 0 Å². The molecule has 0 bridgehead atoms. The molecule has 0 spiro atoms. The number of anilines is 1. The first kappa shape index (κ1) is 21.5. The Morgan fingerprint density at radius 1 is 1.06 bits per heavy atom. The highest BCUT2D eigenvalue weighted by Gasteiger charge is 2.26. The Kier molecular flexibility index (Phi) is 6.94. The van der Waals surface area contributed by atoms with Crippen molar-refractivity contribution in [2.75, 3.05) is 24.3 Å². The second-order valence-electron chi connectivity index (χ2n) is 7.19. The van der Waals surface area contributed by atoms with Gasteiger partial charge in [0.05, 0.1) is 25.1 Å². The number of carbonyl (C=O) groups is 2. The van der Waals surface area contributed by atoms with Crippen LogP contribution in [0.15, 0.2) is 70.9 Å². The SMILES string of the molecule is COc1ccccc1CN(Cc1cccs1)C(=O)CCN1C(=O)CSc2ccccc21. The Labute approximate surface area is 190 Å². The Balaban J connectivity index is 1.50. The lowest BCUT2D eigenvalue weighted by molar-refractivity contribution is -0.132. The van der Waals surface area contributed by atoms with Crippen LogP contribution in [0.1, 0.15) is 16.9 Å². The quantitative estimate of drug-likeness (QED) is 0.492. The van der Waals surface area contributed by atoms with Gasteiger partial charge in [-0.1, -0.05) is 36.4 Å². The standard InChI is InChI=1S/C24H24N2O3S2/c1-29-21-10-4-2-7-18(21)15-25(16-19-8-6-14-30-19)23(27)12-13-26-20-9-3-5-11-22(20)31-17-24(26)28/h2-11,14H,12-13,15-17H2,1H3. The summed E-state index contributed by atoms with van der Waals surface area (Å²) in [7, 11) is 1.64. The van der Waals surface area contributed by atoms with E-state index in [-0.39, 0.29) is 18.2 Å². The van der Waals surface area contributed by atoms with Crippen LogP contribution in [0.4, 0.5) is 5.69 Å². The molecule has 1 aromatic heterocycles. The van der Waals surface area contributed by atoms with E-state index in [1.54, 1.807) is 35.1 Å². The van der Waals surface area contributed by atoms with Crippen molar-refractivity contribution in [2.24, 2.45) is 0 Å². The fourth-order valence-electron chi connectivity index (χ4n) is 3.63.